The summed E-state index contributed by atoms with van der Waals surface area (Å²) in [5, 5.41) is 6.41. The van der Waals surface area contributed by atoms with E-state index in [4.69, 9.17) is 11.6 Å². The maximum atomic E-state index is 12.1. The Bertz CT molecular complexity index is 631. The summed E-state index contributed by atoms with van der Waals surface area (Å²) in [6.07, 6.45) is 7.80. The highest BCUT2D eigenvalue weighted by Crippen LogP contribution is 2.20. The first-order chi connectivity index (χ1) is 11.2. The lowest BCUT2D eigenvalue weighted by molar-refractivity contribution is 0.102. The van der Waals surface area contributed by atoms with Gasteiger partial charge in [0.1, 0.15) is 11.5 Å². The predicted molar refractivity (Wildman–Crippen MR) is 94.1 cm³/mol. The summed E-state index contributed by atoms with van der Waals surface area (Å²) in [5.41, 5.74) is 0.806. The number of hydrogen-bond donors (Lipinski definition) is 2. The molecule has 2 aromatic rings. The third kappa shape index (κ3) is 5.53. The molecular formula is C17H21ClN4O. The fraction of sp³-hybridized carbons (Fsp3) is 0.353. The van der Waals surface area contributed by atoms with Crippen LogP contribution in [0.1, 0.15) is 43.1 Å². The van der Waals surface area contributed by atoms with E-state index >= 15 is 0 Å². The molecule has 0 fully saturated rings. The Balaban J connectivity index is 1.86. The molecule has 2 N–H and O–H groups in total. The van der Waals surface area contributed by atoms with E-state index < -0.39 is 0 Å². The minimum atomic E-state index is -0.333. The predicted octanol–water partition coefficient (Wildman–Crippen LogP) is 4.37. The molecule has 0 spiro atoms. The van der Waals surface area contributed by atoms with Gasteiger partial charge in [-0.15, -0.1) is 0 Å². The number of nitrogens with zero attached hydrogens (tertiary/aromatic N) is 2. The molecule has 122 valence electrons. The second-order valence-corrected chi connectivity index (χ2v) is 5.62. The number of carbonyl (C=O) groups is 1. The molecule has 0 aliphatic heterocycles. The molecule has 0 aliphatic rings. The maximum Gasteiger partial charge on any atom is 0.275 e. The molecule has 23 heavy (non-hydrogen) atoms. The van der Waals surface area contributed by atoms with E-state index in [-0.39, 0.29) is 11.6 Å². The Hall–Kier alpha value is -2.14. The summed E-state index contributed by atoms with van der Waals surface area (Å²) in [6, 6.07) is 7.06. The summed E-state index contributed by atoms with van der Waals surface area (Å²) in [4.78, 5) is 20.5. The number of anilines is 2. The summed E-state index contributed by atoms with van der Waals surface area (Å²) >= 11 is 6.01. The van der Waals surface area contributed by atoms with Crippen molar-refractivity contribution in [3.8, 4) is 0 Å². The molecule has 1 heterocycles. The van der Waals surface area contributed by atoms with Crippen molar-refractivity contribution in [2.24, 2.45) is 0 Å². The standard InChI is InChI=1S/C17H21ClN4O/c1-2-3-4-7-10-19-16-12-20-15(11-21-16)17(23)22-14-9-6-5-8-13(14)18/h5-6,8-9,11-12H,2-4,7,10H2,1H3,(H,19,21)(H,22,23). The van der Waals surface area contributed by atoms with Crippen LogP contribution in [0.25, 0.3) is 0 Å². The highest BCUT2D eigenvalue weighted by atomic mass is 35.5. The quantitative estimate of drug-likeness (QED) is 0.704. The fourth-order valence-corrected chi connectivity index (χ4v) is 2.24. The van der Waals surface area contributed by atoms with Crippen molar-refractivity contribution in [2.75, 3.05) is 17.2 Å². The SMILES string of the molecule is CCCCCCNc1cnc(C(=O)Nc2ccccc2Cl)cn1. The maximum absolute atomic E-state index is 12.1. The van der Waals surface area contributed by atoms with Crippen LogP contribution in [0.4, 0.5) is 11.5 Å². The number of nitrogens with one attached hydrogen (secondary N) is 2. The first kappa shape index (κ1) is 17.2. The Morgan fingerprint density at radius 2 is 1.96 bits per heavy atom. The van der Waals surface area contributed by atoms with Crippen LogP contribution in [0.3, 0.4) is 0 Å². The van der Waals surface area contributed by atoms with E-state index in [1.165, 1.54) is 25.5 Å². The van der Waals surface area contributed by atoms with Crippen LogP contribution in [0.5, 0.6) is 0 Å². The average Bonchev–Trinajstić information content (AvgIpc) is 2.57. The molecule has 5 nitrogen and oxygen atoms in total. The minimum Gasteiger partial charge on any atom is -0.369 e. The van der Waals surface area contributed by atoms with Crippen LogP contribution in [0.15, 0.2) is 36.7 Å². The molecule has 1 amide bonds. The van der Waals surface area contributed by atoms with E-state index in [1.807, 2.05) is 0 Å². The van der Waals surface area contributed by atoms with E-state index in [9.17, 15) is 4.79 Å². The lowest BCUT2D eigenvalue weighted by atomic mass is 10.2. The molecule has 0 saturated heterocycles. The summed E-state index contributed by atoms with van der Waals surface area (Å²) in [5.74, 6) is 0.343. The van der Waals surface area contributed by atoms with Crippen LogP contribution in [0, 0.1) is 0 Å². The van der Waals surface area contributed by atoms with E-state index in [1.54, 1.807) is 30.5 Å². The van der Waals surface area contributed by atoms with Gasteiger partial charge >= 0.3 is 0 Å². The molecule has 6 heteroatoms. The van der Waals surface area contributed by atoms with Crippen molar-refractivity contribution >= 4 is 29.0 Å². The van der Waals surface area contributed by atoms with Crippen molar-refractivity contribution in [3.05, 3.63) is 47.4 Å². The first-order valence-corrected chi connectivity index (χ1v) is 8.20. The third-order valence-corrected chi connectivity index (χ3v) is 3.67. The van der Waals surface area contributed by atoms with Gasteiger partial charge in [-0.25, -0.2) is 9.97 Å². The van der Waals surface area contributed by atoms with Gasteiger partial charge in [-0.2, -0.15) is 0 Å². The van der Waals surface area contributed by atoms with Crippen molar-refractivity contribution in [1.82, 2.24) is 9.97 Å². The number of carbonyl (C=O) groups excluding carboxylic acids is 1. The van der Waals surface area contributed by atoms with Gasteiger partial charge in [0.2, 0.25) is 0 Å². The number of amides is 1. The highest BCUT2D eigenvalue weighted by Gasteiger charge is 2.10. The van der Waals surface area contributed by atoms with E-state index in [0.717, 1.165) is 13.0 Å². The Labute approximate surface area is 141 Å². The first-order valence-electron chi connectivity index (χ1n) is 7.82. The molecule has 2 rings (SSSR count). The van der Waals surface area contributed by atoms with Crippen LogP contribution in [0.2, 0.25) is 5.02 Å². The molecule has 0 aliphatic carbocycles. The molecule has 0 radical (unpaired) electrons. The molecule has 0 saturated carbocycles. The zero-order valence-electron chi connectivity index (χ0n) is 13.2. The number of halogens is 1. The number of unbranched alkanes of at least 4 members (excludes halogenated alkanes) is 3. The topological polar surface area (TPSA) is 66.9 Å². The molecule has 0 unspecified atom stereocenters. The zero-order chi connectivity index (χ0) is 16.5. The lowest BCUT2D eigenvalue weighted by Crippen LogP contribution is -2.15. The van der Waals surface area contributed by atoms with Gasteiger partial charge in [0, 0.05) is 6.54 Å². The van der Waals surface area contributed by atoms with Crippen LogP contribution >= 0.6 is 11.6 Å². The Morgan fingerprint density at radius 1 is 1.13 bits per heavy atom. The summed E-state index contributed by atoms with van der Waals surface area (Å²) in [7, 11) is 0. The van der Waals surface area contributed by atoms with Crippen LogP contribution in [-0.2, 0) is 0 Å². The lowest BCUT2D eigenvalue weighted by Gasteiger charge is -2.07. The summed E-state index contributed by atoms with van der Waals surface area (Å²) < 4.78 is 0. The number of rotatable bonds is 8. The Kier molecular flexibility index (Phi) is 6.81. The van der Waals surface area contributed by atoms with E-state index in [2.05, 4.69) is 27.5 Å². The minimum absolute atomic E-state index is 0.251. The largest absolute Gasteiger partial charge is 0.369 e. The van der Waals surface area contributed by atoms with E-state index in [0.29, 0.717) is 16.5 Å². The average molecular weight is 333 g/mol. The van der Waals surface area contributed by atoms with Crippen molar-refractivity contribution < 1.29 is 4.79 Å². The van der Waals surface area contributed by atoms with Crippen molar-refractivity contribution in [1.29, 1.82) is 0 Å². The molecule has 1 aromatic carbocycles. The van der Waals surface area contributed by atoms with Crippen molar-refractivity contribution in [3.63, 3.8) is 0 Å². The third-order valence-electron chi connectivity index (χ3n) is 3.34. The van der Waals surface area contributed by atoms with Gasteiger partial charge < -0.3 is 10.6 Å². The molecule has 0 atom stereocenters. The zero-order valence-corrected chi connectivity index (χ0v) is 13.9. The van der Waals surface area contributed by atoms with Gasteiger partial charge in [0.05, 0.1) is 23.1 Å². The van der Waals surface area contributed by atoms with Crippen LogP contribution in [-0.4, -0.2) is 22.4 Å². The molecular weight excluding hydrogens is 312 g/mol. The second-order valence-electron chi connectivity index (χ2n) is 5.21. The van der Waals surface area contributed by atoms with Gasteiger partial charge in [-0.1, -0.05) is 49.9 Å². The van der Waals surface area contributed by atoms with Crippen LogP contribution < -0.4 is 10.6 Å². The molecule has 0 bridgehead atoms. The fourth-order valence-electron chi connectivity index (χ4n) is 2.05. The Morgan fingerprint density at radius 3 is 2.65 bits per heavy atom. The normalized spacial score (nSPS) is 10.3. The van der Waals surface area contributed by atoms with Gasteiger partial charge in [0.25, 0.3) is 5.91 Å². The number of benzene rings is 1. The number of hydrogen-bond acceptors (Lipinski definition) is 4. The molecule has 1 aromatic heterocycles. The highest BCUT2D eigenvalue weighted by molar-refractivity contribution is 6.33. The van der Waals surface area contributed by atoms with Gasteiger partial charge in [-0.05, 0) is 18.6 Å². The monoisotopic (exact) mass is 332 g/mol. The smallest absolute Gasteiger partial charge is 0.275 e. The summed E-state index contributed by atoms with van der Waals surface area (Å²) in [6.45, 7) is 3.05. The van der Waals surface area contributed by atoms with Gasteiger partial charge in [-0.3, -0.25) is 4.79 Å². The number of para-hydroxylation sites is 1. The number of aromatic nitrogens is 2. The second kappa shape index (κ2) is 9.10. The van der Waals surface area contributed by atoms with Crippen molar-refractivity contribution in [2.45, 2.75) is 32.6 Å². The van der Waals surface area contributed by atoms with Gasteiger partial charge in [0.15, 0.2) is 0 Å².